The van der Waals surface area contributed by atoms with E-state index in [4.69, 9.17) is 41.1 Å². The Morgan fingerprint density at radius 3 is 2.28 bits per heavy atom. The van der Waals surface area contributed by atoms with Crippen molar-refractivity contribution in [2.75, 3.05) is 14.1 Å². The molecule has 0 saturated heterocycles. The van der Waals surface area contributed by atoms with Crippen LogP contribution in [-0.4, -0.2) is 37.0 Å². The van der Waals surface area contributed by atoms with Crippen molar-refractivity contribution in [3.05, 3.63) is 64.6 Å². The molecule has 0 fully saturated rings. The minimum atomic E-state index is -3.84. The number of rotatable bonds is 7. The van der Waals surface area contributed by atoms with Gasteiger partial charge in [-0.1, -0.05) is 28.4 Å². The van der Waals surface area contributed by atoms with E-state index in [1.54, 1.807) is 42.5 Å². The van der Waals surface area contributed by atoms with E-state index < -0.39 is 10.3 Å². The Labute approximate surface area is 193 Å². The minimum Gasteiger partial charge on any atom is -0.426 e. The third kappa shape index (κ3) is 5.05. The first-order valence-electron chi connectivity index (χ1n) is 9.00. The van der Waals surface area contributed by atoms with Crippen LogP contribution >= 0.6 is 23.2 Å². The first-order valence-corrected chi connectivity index (χ1v) is 11.1. The number of furan rings is 1. The zero-order valence-electron chi connectivity index (χ0n) is 16.7. The standard InChI is InChI=1S/C20H15Cl2N3O6S/c1-25(2)32(26,27)31-15-5-3-12(4-6-15)19-23-20(30-24-19)17-7-8-18(29-17)28-16-10-13(21)9-14(22)11-16/h3-11H,1-2H3. The average molecular weight is 496 g/mol. The lowest BCUT2D eigenvalue weighted by Crippen LogP contribution is -2.26. The van der Waals surface area contributed by atoms with Gasteiger partial charge in [0.25, 0.3) is 11.8 Å². The predicted octanol–water partition coefficient (Wildman–Crippen LogP) is 5.28. The SMILES string of the molecule is CN(C)S(=O)(=O)Oc1ccc(-c2noc(-c3ccc(Oc4cc(Cl)cc(Cl)c4)o3)n2)cc1. The van der Waals surface area contributed by atoms with Crippen molar-refractivity contribution in [2.45, 2.75) is 0 Å². The number of aromatic nitrogens is 2. The maximum absolute atomic E-state index is 11.8. The lowest BCUT2D eigenvalue weighted by molar-refractivity contribution is 0.342. The van der Waals surface area contributed by atoms with E-state index in [9.17, 15) is 8.42 Å². The summed E-state index contributed by atoms with van der Waals surface area (Å²) in [5, 5.41) is 4.78. The molecule has 0 spiro atoms. The molecule has 0 atom stereocenters. The molecule has 0 bridgehead atoms. The molecule has 166 valence electrons. The Hall–Kier alpha value is -3.05. The second kappa shape index (κ2) is 8.83. The lowest BCUT2D eigenvalue weighted by Gasteiger charge is -2.11. The molecule has 0 saturated carbocycles. The van der Waals surface area contributed by atoms with Crippen LogP contribution in [0.3, 0.4) is 0 Å². The zero-order chi connectivity index (χ0) is 22.9. The van der Waals surface area contributed by atoms with Crippen molar-refractivity contribution in [2.24, 2.45) is 0 Å². The molecule has 2 aromatic heterocycles. The van der Waals surface area contributed by atoms with Crippen LogP contribution in [0.2, 0.25) is 10.0 Å². The van der Waals surface area contributed by atoms with Crippen LogP contribution in [-0.2, 0) is 10.3 Å². The summed E-state index contributed by atoms with van der Waals surface area (Å²) in [6.07, 6.45) is 0. The zero-order valence-corrected chi connectivity index (χ0v) is 19.0. The van der Waals surface area contributed by atoms with Crippen LogP contribution in [0.15, 0.2) is 63.5 Å². The van der Waals surface area contributed by atoms with E-state index in [0.29, 0.717) is 27.1 Å². The molecule has 0 aliphatic heterocycles. The number of halogens is 2. The van der Waals surface area contributed by atoms with E-state index in [2.05, 4.69) is 10.1 Å². The van der Waals surface area contributed by atoms with Crippen LogP contribution in [0.5, 0.6) is 17.4 Å². The second-order valence-electron chi connectivity index (χ2n) is 6.60. The van der Waals surface area contributed by atoms with Crippen molar-refractivity contribution >= 4 is 33.5 Å². The Kier molecular flexibility index (Phi) is 6.11. The summed E-state index contributed by atoms with van der Waals surface area (Å²) in [5.41, 5.74) is 0.589. The molecule has 4 rings (SSSR count). The smallest absolute Gasteiger partial charge is 0.384 e. The number of benzene rings is 2. The summed E-state index contributed by atoms with van der Waals surface area (Å²) in [5.74, 6) is 1.45. The molecule has 0 aliphatic carbocycles. The third-order valence-electron chi connectivity index (χ3n) is 4.03. The van der Waals surface area contributed by atoms with Gasteiger partial charge in [-0.05, 0) is 48.5 Å². The Morgan fingerprint density at radius 2 is 1.62 bits per heavy atom. The van der Waals surface area contributed by atoms with Crippen molar-refractivity contribution in [3.8, 4) is 40.5 Å². The Bertz CT molecular complexity index is 1330. The molecule has 0 aliphatic rings. The van der Waals surface area contributed by atoms with E-state index >= 15 is 0 Å². The maximum Gasteiger partial charge on any atom is 0.384 e. The molecular formula is C20H15Cl2N3O6S. The number of nitrogens with zero attached hydrogens (tertiary/aromatic N) is 3. The van der Waals surface area contributed by atoms with Crippen molar-refractivity contribution in [3.63, 3.8) is 0 Å². The summed E-state index contributed by atoms with van der Waals surface area (Å²) in [7, 11) is -1.09. The van der Waals surface area contributed by atoms with Gasteiger partial charge in [-0.2, -0.15) is 17.7 Å². The number of hydrogen-bond donors (Lipinski definition) is 0. The van der Waals surface area contributed by atoms with Crippen molar-refractivity contribution in [1.82, 2.24) is 14.4 Å². The molecule has 2 heterocycles. The van der Waals surface area contributed by atoms with Crippen molar-refractivity contribution < 1.29 is 26.3 Å². The molecule has 0 N–H and O–H groups in total. The summed E-state index contributed by atoms with van der Waals surface area (Å²) in [6, 6.07) is 14.2. The van der Waals surface area contributed by atoms with Gasteiger partial charge in [0.15, 0.2) is 5.76 Å². The highest BCUT2D eigenvalue weighted by Crippen LogP contribution is 2.32. The molecule has 12 heteroatoms. The van der Waals surface area contributed by atoms with Gasteiger partial charge < -0.3 is 17.9 Å². The van der Waals surface area contributed by atoms with Gasteiger partial charge in [-0.25, -0.2) is 0 Å². The van der Waals surface area contributed by atoms with Gasteiger partial charge in [0.05, 0.1) is 0 Å². The average Bonchev–Trinajstić information content (AvgIpc) is 3.37. The van der Waals surface area contributed by atoms with Crippen LogP contribution in [0, 0.1) is 0 Å². The second-order valence-corrected chi connectivity index (χ2v) is 9.22. The van der Waals surface area contributed by atoms with E-state index in [1.807, 2.05) is 0 Å². The molecule has 9 nitrogen and oxygen atoms in total. The normalized spacial score (nSPS) is 11.7. The lowest BCUT2D eigenvalue weighted by atomic mass is 10.2. The highest BCUT2D eigenvalue weighted by molar-refractivity contribution is 7.84. The van der Waals surface area contributed by atoms with E-state index in [-0.39, 0.29) is 23.4 Å². The van der Waals surface area contributed by atoms with Gasteiger partial charge in [-0.15, -0.1) is 0 Å². The first kappa shape index (κ1) is 22.2. The topological polar surface area (TPSA) is 108 Å². The number of hydrogen-bond acceptors (Lipinski definition) is 8. The fraction of sp³-hybridized carbons (Fsp3) is 0.100. The summed E-state index contributed by atoms with van der Waals surface area (Å²) in [4.78, 5) is 4.30. The van der Waals surface area contributed by atoms with Gasteiger partial charge in [0.2, 0.25) is 5.82 Å². The van der Waals surface area contributed by atoms with Gasteiger partial charge in [0.1, 0.15) is 11.5 Å². The fourth-order valence-electron chi connectivity index (χ4n) is 2.49. The van der Waals surface area contributed by atoms with Crippen LogP contribution in [0.1, 0.15) is 0 Å². The predicted molar refractivity (Wildman–Crippen MR) is 117 cm³/mol. The molecular weight excluding hydrogens is 481 g/mol. The van der Waals surface area contributed by atoms with E-state index in [1.165, 1.54) is 26.2 Å². The third-order valence-corrected chi connectivity index (χ3v) is 5.77. The molecule has 32 heavy (non-hydrogen) atoms. The van der Waals surface area contributed by atoms with E-state index in [0.717, 1.165) is 4.31 Å². The van der Waals surface area contributed by atoms with Crippen LogP contribution < -0.4 is 8.92 Å². The monoisotopic (exact) mass is 495 g/mol. The highest BCUT2D eigenvalue weighted by atomic mass is 35.5. The van der Waals surface area contributed by atoms with Gasteiger partial charge >= 0.3 is 10.3 Å². The largest absolute Gasteiger partial charge is 0.426 e. The van der Waals surface area contributed by atoms with Gasteiger partial charge in [-0.3, -0.25) is 0 Å². The first-order chi connectivity index (χ1) is 15.2. The number of ether oxygens (including phenoxy) is 1. The molecule has 0 unspecified atom stereocenters. The Balaban J connectivity index is 1.48. The summed E-state index contributed by atoms with van der Waals surface area (Å²) < 4.78 is 46.0. The summed E-state index contributed by atoms with van der Waals surface area (Å²) in [6.45, 7) is 0. The fourth-order valence-corrected chi connectivity index (χ4v) is 3.50. The van der Waals surface area contributed by atoms with Crippen molar-refractivity contribution in [1.29, 1.82) is 0 Å². The van der Waals surface area contributed by atoms with Crippen LogP contribution in [0.25, 0.3) is 23.0 Å². The quantitative estimate of drug-likeness (QED) is 0.340. The highest BCUT2D eigenvalue weighted by Gasteiger charge is 2.18. The molecule has 2 aromatic carbocycles. The molecule has 4 aromatic rings. The molecule has 0 amide bonds. The minimum absolute atomic E-state index is 0.134. The maximum atomic E-state index is 11.8. The van der Waals surface area contributed by atoms with Crippen LogP contribution in [0.4, 0.5) is 0 Å². The Morgan fingerprint density at radius 1 is 0.938 bits per heavy atom. The molecule has 0 radical (unpaired) electrons. The van der Waals surface area contributed by atoms with Gasteiger partial charge in [0, 0.05) is 35.8 Å². The summed E-state index contributed by atoms with van der Waals surface area (Å²) >= 11 is 11.9.